The van der Waals surface area contributed by atoms with Crippen LogP contribution in [0.3, 0.4) is 0 Å². The quantitative estimate of drug-likeness (QED) is 0.886. The van der Waals surface area contributed by atoms with Crippen LogP contribution < -0.4 is 14.8 Å². The standard InChI is InChI=1S/C17H18FNO3/c1-3-15(22-16-7-5-4-6-14(16)18)17(20)19-12-8-10-13(21-2)11-9-12/h4-11,15H,3H2,1-2H3,(H,19,20)/t15-/m1/s1. The molecule has 0 saturated heterocycles. The molecular formula is C17H18FNO3. The van der Waals surface area contributed by atoms with E-state index in [2.05, 4.69) is 5.32 Å². The van der Waals surface area contributed by atoms with Crippen LogP contribution in [0.25, 0.3) is 0 Å². The predicted octanol–water partition coefficient (Wildman–Crippen LogP) is 3.63. The number of hydrogen-bond acceptors (Lipinski definition) is 3. The monoisotopic (exact) mass is 303 g/mol. The van der Waals surface area contributed by atoms with Gasteiger partial charge in [-0.1, -0.05) is 19.1 Å². The Morgan fingerprint density at radius 1 is 1.18 bits per heavy atom. The zero-order valence-corrected chi connectivity index (χ0v) is 12.5. The molecule has 0 fully saturated rings. The second-order valence-corrected chi connectivity index (χ2v) is 4.66. The number of benzene rings is 2. The molecule has 4 nitrogen and oxygen atoms in total. The first-order valence-electron chi connectivity index (χ1n) is 7.00. The van der Waals surface area contributed by atoms with Crippen molar-refractivity contribution in [1.29, 1.82) is 0 Å². The molecule has 22 heavy (non-hydrogen) atoms. The highest BCUT2D eigenvalue weighted by Gasteiger charge is 2.19. The van der Waals surface area contributed by atoms with Crippen molar-refractivity contribution in [3.8, 4) is 11.5 Å². The molecule has 0 aliphatic rings. The number of methoxy groups -OCH3 is 1. The number of hydrogen-bond donors (Lipinski definition) is 1. The molecule has 2 rings (SSSR count). The number of para-hydroxylation sites is 1. The summed E-state index contributed by atoms with van der Waals surface area (Å²) < 4.78 is 24.1. The maximum absolute atomic E-state index is 13.6. The molecule has 116 valence electrons. The van der Waals surface area contributed by atoms with Gasteiger partial charge in [0.1, 0.15) is 5.75 Å². The molecule has 2 aromatic carbocycles. The van der Waals surface area contributed by atoms with Gasteiger partial charge in [-0.3, -0.25) is 4.79 Å². The Hall–Kier alpha value is -2.56. The summed E-state index contributed by atoms with van der Waals surface area (Å²) in [5.74, 6) is -0.0407. The minimum absolute atomic E-state index is 0.0687. The van der Waals surface area contributed by atoms with E-state index in [4.69, 9.17) is 9.47 Å². The van der Waals surface area contributed by atoms with Crippen molar-refractivity contribution >= 4 is 11.6 Å². The molecule has 0 unspecified atom stereocenters. The molecule has 0 radical (unpaired) electrons. The number of nitrogens with one attached hydrogen (secondary N) is 1. The van der Waals surface area contributed by atoms with E-state index in [0.29, 0.717) is 17.9 Å². The Kier molecular flexibility index (Phi) is 5.36. The average molecular weight is 303 g/mol. The van der Waals surface area contributed by atoms with Crippen molar-refractivity contribution in [3.05, 3.63) is 54.3 Å². The van der Waals surface area contributed by atoms with Crippen LogP contribution in [0, 0.1) is 5.82 Å². The van der Waals surface area contributed by atoms with E-state index in [0.717, 1.165) is 0 Å². The van der Waals surface area contributed by atoms with Crippen molar-refractivity contribution < 1.29 is 18.7 Å². The van der Waals surface area contributed by atoms with E-state index < -0.39 is 11.9 Å². The highest BCUT2D eigenvalue weighted by Crippen LogP contribution is 2.20. The van der Waals surface area contributed by atoms with Crippen molar-refractivity contribution in [1.82, 2.24) is 0 Å². The van der Waals surface area contributed by atoms with Gasteiger partial charge in [0.15, 0.2) is 17.7 Å². The lowest BCUT2D eigenvalue weighted by atomic mass is 10.2. The molecule has 2 aromatic rings. The number of amides is 1. The second kappa shape index (κ2) is 7.45. The summed E-state index contributed by atoms with van der Waals surface area (Å²) in [6.07, 6.45) is -0.338. The van der Waals surface area contributed by atoms with Crippen LogP contribution in [0.5, 0.6) is 11.5 Å². The van der Waals surface area contributed by atoms with Crippen LogP contribution in [0.2, 0.25) is 0 Å². The van der Waals surface area contributed by atoms with E-state index in [1.54, 1.807) is 50.4 Å². The smallest absolute Gasteiger partial charge is 0.265 e. The fourth-order valence-electron chi connectivity index (χ4n) is 1.91. The number of anilines is 1. The molecule has 0 saturated carbocycles. The average Bonchev–Trinajstić information content (AvgIpc) is 2.54. The van der Waals surface area contributed by atoms with Gasteiger partial charge in [-0.25, -0.2) is 4.39 Å². The summed E-state index contributed by atoms with van der Waals surface area (Å²) in [7, 11) is 1.57. The molecule has 1 N–H and O–H groups in total. The third kappa shape index (κ3) is 3.97. The fraction of sp³-hybridized carbons (Fsp3) is 0.235. The molecular weight excluding hydrogens is 285 g/mol. The number of carbonyl (C=O) groups excluding carboxylic acids is 1. The lowest BCUT2D eigenvalue weighted by Gasteiger charge is -2.17. The summed E-state index contributed by atoms with van der Waals surface area (Å²) >= 11 is 0. The summed E-state index contributed by atoms with van der Waals surface area (Å²) in [5, 5.41) is 2.74. The Labute approximate surface area is 128 Å². The van der Waals surface area contributed by atoms with Gasteiger partial charge in [0.2, 0.25) is 0 Å². The molecule has 0 aromatic heterocycles. The highest BCUT2D eigenvalue weighted by atomic mass is 19.1. The Bertz CT molecular complexity index is 628. The molecule has 0 heterocycles. The molecule has 0 bridgehead atoms. The fourth-order valence-corrected chi connectivity index (χ4v) is 1.91. The zero-order chi connectivity index (χ0) is 15.9. The van der Waals surface area contributed by atoms with Crippen LogP contribution in [0.4, 0.5) is 10.1 Å². The SMILES string of the molecule is CC[C@@H](Oc1ccccc1F)C(=O)Nc1ccc(OC)cc1. The van der Waals surface area contributed by atoms with Gasteiger partial charge < -0.3 is 14.8 Å². The van der Waals surface area contributed by atoms with Crippen molar-refractivity contribution in [3.63, 3.8) is 0 Å². The van der Waals surface area contributed by atoms with Gasteiger partial charge in [0, 0.05) is 5.69 Å². The van der Waals surface area contributed by atoms with Crippen LogP contribution >= 0.6 is 0 Å². The lowest BCUT2D eigenvalue weighted by Crippen LogP contribution is -2.32. The third-order valence-electron chi connectivity index (χ3n) is 3.13. The van der Waals surface area contributed by atoms with E-state index in [-0.39, 0.29) is 11.7 Å². The van der Waals surface area contributed by atoms with Crippen LogP contribution in [-0.2, 0) is 4.79 Å². The van der Waals surface area contributed by atoms with Gasteiger partial charge in [0.05, 0.1) is 7.11 Å². The second-order valence-electron chi connectivity index (χ2n) is 4.66. The Morgan fingerprint density at radius 2 is 1.86 bits per heavy atom. The van der Waals surface area contributed by atoms with E-state index in [1.165, 1.54) is 12.1 Å². The number of ether oxygens (including phenoxy) is 2. The molecule has 1 atom stereocenters. The number of halogens is 1. The summed E-state index contributed by atoms with van der Waals surface area (Å²) in [4.78, 5) is 12.2. The summed E-state index contributed by atoms with van der Waals surface area (Å²) in [6.45, 7) is 1.80. The van der Waals surface area contributed by atoms with Gasteiger partial charge in [0.25, 0.3) is 5.91 Å². The Balaban J connectivity index is 2.03. The third-order valence-corrected chi connectivity index (χ3v) is 3.13. The normalized spacial score (nSPS) is 11.6. The first-order valence-corrected chi connectivity index (χ1v) is 7.00. The van der Waals surface area contributed by atoms with Crippen LogP contribution in [-0.4, -0.2) is 19.1 Å². The van der Waals surface area contributed by atoms with Gasteiger partial charge in [-0.05, 0) is 42.8 Å². The van der Waals surface area contributed by atoms with Crippen molar-refractivity contribution in [2.75, 3.05) is 12.4 Å². The van der Waals surface area contributed by atoms with Crippen LogP contribution in [0.15, 0.2) is 48.5 Å². The number of rotatable bonds is 6. The van der Waals surface area contributed by atoms with Gasteiger partial charge in [-0.15, -0.1) is 0 Å². The summed E-state index contributed by atoms with van der Waals surface area (Å²) in [6, 6.07) is 13.0. The van der Waals surface area contributed by atoms with Crippen molar-refractivity contribution in [2.45, 2.75) is 19.4 Å². The lowest BCUT2D eigenvalue weighted by molar-refractivity contribution is -0.122. The maximum Gasteiger partial charge on any atom is 0.265 e. The minimum Gasteiger partial charge on any atom is -0.497 e. The highest BCUT2D eigenvalue weighted by molar-refractivity contribution is 5.94. The first kappa shape index (κ1) is 15.8. The number of carbonyl (C=O) groups is 1. The van der Waals surface area contributed by atoms with Crippen LogP contribution in [0.1, 0.15) is 13.3 Å². The van der Waals surface area contributed by atoms with Gasteiger partial charge >= 0.3 is 0 Å². The van der Waals surface area contributed by atoms with E-state index in [9.17, 15) is 9.18 Å². The largest absolute Gasteiger partial charge is 0.497 e. The maximum atomic E-state index is 13.6. The topological polar surface area (TPSA) is 47.6 Å². The molecule has 1 amide bonds. The zero-order valence-electron chi connectivity index (χ0n) is 12.5. The Morgan fingerprint density at radius 3 is 2.45 bits per heavy atom. The predicted molar refractivity (Wildman–Crippen MR) is 82.7 cm³/mol. The molecule has 0 aliphatic heterocycles. The minimum atomic E-state index is -0.765. The summed E-state index contributed by atoms with van der Waals surface area (Å²) in [5.41, 5.74) is 0.626. The van der Waals surface area contributed by atoms with Crippen molar-refractivity contribution in [2.24, 2.45) is 0 Å². The first-order chi connectivity index (χ1) is 10.6. The molecule has 0 aliphatic carbocycles. The van der Waals surface area contributed by atoms with E-state index in [1.807, 2.05) is 0 Å². The molecule has 5 heteroatoms. The van der Waals surface area contributed by atoms with E-state index >= 15 is 0 Å². The van der Waals surface area contributed by atoms with Gasteiger partial charge in [-0.2, -0.15) is 0 Å². The molecule has 0 spiro atoms.